The molecule has 112 valence electrons. The molecule has 1 fully saturated rings. The number of anilines is 1. The molecule has 0 radical (unpaired) electrons. The lowest BCUT2D eigenvalue weighted by Gasteiger charge is -2.20. The lowest BCUT2D eigenvalue weighted by Crippen LogP contribution is -2.41. The molecular formula is C14H24N4OS. The van der Waals surface area contributed by atoms with Crippen molar-refractivity contribution in [1.82, 2.24) is 15.1 Å². The summed E-state index contributed by atoms with van der Waals surface area (Å²) < 4.78 is 1.83. The fourth-order valence-electron chi connectivity index (χ4n) is 2.53. The molecule has 1 saturated carbocycles. The molecule has 0 bridgehead atoms. The van der Waals surface area contributed by atoms with Crippen molar-refractivity contribution >= 4 is 23.5 Å². The van der Waals surface area contributed by atoms with Gasteiger partial charge in [0, 0.05) is 23.5 Å². The molecule has 1 aliphatic rings. The van der Waals surface area contributed by atoms with Gasteiger partial charge in [0.1, 0.15) is 0 Å². The highest BCUT2D eigenvalue weighted by atomic mass is 32.2. The minimum absolute atomic E-state index is 0.123. The molecule has 1 heterocycles. The zero-order valence-electron chi connectivity index (χ0n) is 12.4. The summed E-state index contributed by atoms with van der Waals surface area (Å²) >= 11 is 1.94. The van der Waals surface area contributed by atoms with Gasteiger partial charge in [0.2, 0.25) is 0 Å². The van der Waals surface area contributed by atoms with E-state index in [1.54, 1.807) is 6.20 Å². The first-order chi connectivity index (χ1) is 9.60. The van der Waals surface area contributed by atoms with Crippen LogP contribution in [-0.2, 0) is 0 Å². The number of carbonyl (C=O) groups excluding carboxylic acids is 1. The molecule has 0 aromatic carbocycles. The summed E-state index contributed by atoms with van der Waals surface area (Å²) in [7, 11) is 0. The van der Waals surface area contributed by atoms with Crippen molar-refractivity contribution in [2.24, 2.45) is 0 Å². The Labute approximate surface area is 124 Å². The number of amides is 2. The molecule has 0 unspecified atom stereocenters. The number of carbonyl (C=O) groups is 1. The van der Waals surface area contributed by atoms with Crippen LogP contribution in [0.25, 0.3) is 0 Å². The first-order valence-electron chi connectivity index (χ1n) is 7.33. The van der Waals surface area contributed by atoms with Gasteiger partial charge in [-0.15, -0.1) is 0 Å². The van der Waals surface area contributed by atoms with Gasteiger partial charge in [0.05, 0.1) is 11.9 Å². The van der Waals surface area contributed by atoms with Gasteiger partial charge in [0.25, 0.3) is 0 Å². The minimum Gasteiger partial charge on any atom is -0.334 e. The fourth-order valence-corrected chi connectivity index (χ4v) is 3.72. The van der Waals surface area contributed by atoms with Crippen LogP contribution in [0.2, 0.25) is 0 Å². The van der Waals surface area contributed by atoms with Crippen LogP contribution in [0.4, 0.5) is 10.5 Å². The SMILES string of the molecule is CCS[C@H]1CCC[C@H]1NC(=O)Nc1cnn(C(C)C)c1. The third-order valence-electron chi connectivity index (χ3n) is 3.54. The lowest BCUT2D eigenvalue weighted by atomic mass is 10.2. The summed E-state index contributed by atoms with van der Waals surface area (Å²) in [6.07, 6.45) is 7.03. The predicted octanol–water partition coefficient (Wildman–Crippen LogP) is 3.26. The van der Waals surface area contributed by atoms with Gasteiger partial charge in [-0.25, -0.2) is 4.79 Å². The number of nitrogens with zero attached hydrogens (tertiary/aromatic N) is 2. The largest absolute Gasteiger partial charge is 0.334 e. The fraction of sp³-hybridized carbons (Fsp3) is 0.714. The Balaban J connectivity index is 1.85. The third-order valence-corrected chi connectivity index (χ3v) is 4.86. The molecule has 0 saturated heterocycles. The van der Waals surface area contributed by atoms with E-state index < -0.39 is 0 Å². The topological polar surface area (TPSA) is 59.0 Å². The lowest BCUT2D eigenvalue weighted by molar-refractivity contribution is 0.249. The summed E-state index contributed by atoms with van der Waals surface area (Å²) in [5, 5.41) is 10.7. The van der Waals surface area contributed by atoms with Crippen LogP contribution >= 0.6 is 11.8 Å². The number of nitrogens with one attached hydrogen (secondary N) is 2. The summed E-state index contributed by atoms with van der Waals surface area (Å²) in [6.45, 7) is 6.28. The van der Waals surface area contributed by atoms with Crippen LogP contribution in [0.15, 0.2) is 12.4 Å². The quantitative estimate of drug-likeness (QED) is 0.877. The third kappa shape index (κ3) is 3.91. The van der Waals surface area contributed by atoms with E-state index in [0.717, 1.165) is 17.9 Å². The van der Waals surface area contributed by atoms with Crippen molar-refractivity contribution in [3.63, 3.8) is 0 Å². The van der Waals surface area contributed by atoms with Gasteiger partial charge in [-0.1, -0.05) is 13.3 Å². The van der Waals surface area contributed by atoms with Gasteiger partial charge in [-0.2, -0.15) is 16.9 Å². The van der Waals surface area contributed by atoms with Crippen LogP contribution in [0.5, 0.6) is 0 Å². The van der Waals surface area contributed by atoms with E-state index >= 15 is 0 Å². The predicted molar refractivity (Wildman–Crippen MR) is 84.3 cm³/mol. The van der Waals surface area contributed by atoms with E-state index in [9.17, 15) is 4.79 Å². The average molecular weight is 296 g/mol. The van der Waals surface area contributed by atoms with Crippen molar-refractivity contribution in [2.45, 2.75) is 57.4 Å². The Bertz CT molecular complexity index is 446. The standard InChI is InChI=1S/C14H24N4OS/c1-4-20-13-7-5-6-12(13)17-14(19)16-11-8-15-18(9-11)10(2)3/h8-10,12-13H,4-7H2,1-3H3,(H2,16,17,19)/t12-,13+/m1/s1. The van der Waals surface area contributed by atoms with Gasteiger partial charge in [-0.05, 0) is 32.4 Å². The van der Waals surface area contributed by atoms with Crippen molar-refractivity contribution in [1.29, 1.82) is 0 Å². The van der Waals surface area contributed by atoms with E-state index in [0.29, 0.717) is 17.3 Å². The van der Waals surface area contributed by atoms with Crippen molar-refractivity contribution < 1.29 is 4.79 Å². The maximum atomic E-state index is 12.0. The zero-order chi connectivity index (χ0) is 14.5. The Morgan fingerprint density at radius 2 is 2.35 bits per heavy atom. The molecule has 5 nitrogen and oxygen atoms in total. The van der Waals surface area contributed by atoms with Crippen LogP contribution in [-0.4, -0.2) is 32.9 Å². The number of hydrogen-bond acceptors (Lipinski definition) is 3. The summed E-state index contributed by atoms with van der Waals surface area (Å²) in [5.41, 5.74) is 0.744. The second kappa shape index (κ2) is 7.02. The van der Waals surface area contributed by atoms with E-state index in [1.165, 1.54) is 12.8 Å². The molecule has 2 rings (SSSR count). The molecule has 0 aliphatic heterocycles. The Morgan fingerprint density at radius 3 is 3.00 bits per heavy atom. The zero-order valence-corrected chi connectivity index (χ0v) is 13.2. The highest BCUT2D eigenvalue weighted by Gasteiger charge is 2.28. The molecule has 6 heteroatoms. The smallest absolute Gasteiger partial charge is 0.319 e. The van der Waals surface area contributed by atoms with Gasteiger partial charge >= 0.3 is 6.03 Å². The molecular weight excluding hydrogens is 272 g/mol. The molecule has 1 aromatic rings. The monoisotopic (exact) mass is 296 g/mol. The van der Waals surface area contributed by atoms with Crippen LogP contribution in [0, 0.1) is 0 Å². The Hall–Kier alpha value is -1.17. The maximum absolute atomic E-state index is 12.0. The van der Waals surface area contributed by atoms with Gasteiger partial charge in [-0.3, -0.25) is 4.68 Å². The second-order valence-electron chi connectivity index (χ2n) is 5.43. The summed E-state index contributed by atoms with van der Waals surface area (Å²) in [6, 6.07) is 0.468. The number of rotatable bonds is 5. The number of urea groups is 1. The molecule has 2 atom stereocenters. The van der Waals surface area contributed by atoms with E-state index in [-0.39, 0.29) is 6.03 Å². The summed E-state index contributed by atoms with van der Waals surface area (Å²) in [4.78, 5) is 12.0. The van der Waals surface area contributed by atoms with E-state index in [4.69, 9.17) is 0 Å². The first kappa shape index (κ1) is 15.2. The molecule has 0 spiro atoms. The molecule has 2 amide bonds. The minimum atomic E-state index is -0.123. The Morgan fingerprint density at radius 1 is 1.55 bits per heavy atom. The second-order valence-corrected chi connectivity index (χ2v) is 6.95. The molecule has 2 N–H and O–H groups in total. The maximum Gasteiger partial charge on any atom is 0.319 e. The van der Waals surface area contributed by atoms with Crippen molar-refractivity contribution in [3.05, 3.63) is 12.4 Å². The molecule has 1 aliphatic carbocycles. The normalized spacial score (nSPS) is 22.2. The van der Waals surface area contributed by atoms with E-state index in [1.807, 2.05) is 22.6 Å². The summed E-state index contributed by atoms with van der Waals surface area (Å²) in [5.74, 6) is 1.10. The van der Waals surface area contributed by atoms with E-state index in [2.05, 4.69) is 36.5 Å². The highest BCUT2D eigenvalue weighted by Crippen LogP contribution is 2.29. The van der Waals surface area contributed by atoms with Gasteiger partial charge in [0.15, 0.2) is 0 Å². The highest BCUT2D eigenvalue weighted by molar-refractivity contribution is 7.99. The Kier molecular flexibility index (Phi) is 5.34. The van der Waals surface area contributed by atoms with Crippen molar-refractivity contribution in [2.75, 3.05) is 11.1 Å². The molecule has 1 aromatic heterocycles. The first-order valence-corrected chi connectivity index (χ1v) is 8.38. The number of thioether (sulfide) groups is 1. The number of hydrogen-bond donors (Lipinski definition) is 2. The van der Waals surface area contributed by atoms with Crippen LogP contribution < -0.4 is 10.6 Å². The van der Waals surface area contributed by atoms with Crippen LogP contribution in [0.1, 0.15) is 46.1 Å². The van der Waals surface area contributed by atoms with Crippen molar-refractivity contribution in [3.8, 4) is 0 Å². The molecule has 20 heavy (non-hydrogen) atoms. The average Bonchev–Trinajstić information content (AvgIpc) is 3.00. The van der Waals surface area contributed by atoms with Crippen LogP contribution in [0.3, 0.4) is 0 Å². The number of aromatic nitrogens is 2. The van der Waals surface area contributed by atoms with Gasteiger partial charge < -0.3 is 10.6 Å².